The number of para-hydroxylation sites is 1. The topological polar surface area (TPSA) is 47.3 Å². The number of fused-ring (bicyclic) bond motifs is 2. The minimum Gasteiger partial charge on any atom is -0.507 e. The fourth-order valence-electron chi connectivity index (χ4n) is 5.25. The van der Waals surface area contributed by atoms with Gasteiger partial charge < -0.3 is 14.4 Å². The number of ether oxygens (including phenoxy) is 1. The van der Waals surface area contributed by atoms with Gasteiger partial charge in [0.2, 0.25) is 0 Å². The highest BCUT2D eigenvalue weighted by Gasteiger charge is 2.25. The molecule has 1 aliphatic rings. The lowest BCUT2D eigenvalue weighted by molar-refractivity contribution is 0.310. The monoisotopic (exact) mass is 474 g/mol. The lowest BCUT2D eigenvalue weighted by Gasteiger charge is -2.17. The van der Waals surface area contributed by atoms with Crippen molar-refractivity contribution in [1.29, 1.82) is 0 Å². The Morgan fingerprint density at radius 1 is 1.00 bits per heavy atom. The van der Waals surface area contributed by atoms with Crippen LogP contribution in [0.3, 0.4) is 0 Å². The van der Waals surface area contributed by atoms with Crippen molar-refractivity contribution < 1.29 is 9.84 Å². The summed E-state index contributed by atoms with van der Waals surface area (Å²) in [7, 11) is 2.09. The molecule has 180 valence electrons. The molecular formula is C32H30N2O2. The maximum atomic E-state index is 11.4. The van der Waals surface area contributed by atoms with E-state index in [9.17, 15) is 5.11 Å². The number of aliphatic hydroxyl groups is 1. The van der Waals surface area contributed by atoms with Crippen LogP contribution in [0.25, 0.3) is 39.0 Å². The Balaban J connectivity index is 1.60. The second kappa shape index (κ2) is 8.87. The molecule has 0 radical (unpaired) electrons. The number of allylic oxidation sites excluding steroid dienone is 1. The van der Waals surface area contributed by atoms with Crippen LogP contribution in [0.1, 0.15) is 42.0 Å². The third-order valence-corrected chi connectivity index (χ3v) is 7.32. The zero-order valence-electron chi connectivity index (χ0n) is 21.0. The van der Waals surface area contributed by atoms with Crippen LogP contribution in [-0.4, -0.2) is 14.7 Å². The van der Waals surface area contributed by atoms with Gasteiger partial charge in [0.1, 0.15) is 18.1 Å². The maximum absolute atomic E-state index is 11.4. The first kappa shape index (κ1) is 22.4. The minimum atomic E-state index is 0.373. The molecular weight excluding hydrogens is 444 g/mol. The predicted octanol–water partition coefficient (Wildman–Crippen LogP) is 7.91. The number of hydrogen-bond acceptors (Lipinski definition) is 3. The van der Waals surface area contributed by atoms with Crippen molar-refractivity contribution in [2.45, 2.75) is 39.7 Å². The average molecular weight is 475 g/mol. The Morgan fingerprint density at radius 2 is 1.75 bits per heavy atom. The van der Waals surface area contributed by atoms with Gasteiger partial charge >= 0.3 is 0 Å². The molecule has 0 spiro atoms. The molecule has 5 aromatic rings. The van der Waals surface area contributed by atoms with Crippen LogP contribution in [0.2, 0.25) is 0 Å². The number of pyridine rings is 1. The van der Waals surface area contributed by atoms with Crippen LogP contribution >= 0.6 is 0 Å². The van der Waals surface area contributed by atoms with Crippen LogP contribution < -0.4 is 4.74 Å². The minimum absolute atomic E-state index is 0.373. The summed E-state index contributed by atoms with van der Waals surface area (Å²) in [4.78, 5) is 5.24. The average Bonchev–Trinajstić information content (AvgIpc) is 3.73. The van der Waals surface area contributed by atoms with Crippen LogP contribution in [0.15, 0.2) is 78.4 Å². The van der Waals surface area contributed by atoms with Crippen molar-refractivity contribution in [1.82, 2.24) is 9.55 Å². The summed E-state index contributed by atoms with van der Waals surface area (Å²) in [5.74, 6) is 1.12. The van der Waals surface area contributed by atoms with Crippen LogP contribution in [-0.2, 0) is 20.1 Å². The number of aryl methyl sites for hydroxylation is 3. The number of rotatable bonds is 6. The maximum Gasteiger partial charge on any atom is 0.129 e. The molecule has 1 fully saturated rings. The first-order valence-electron chi connectivity index (χ1n) is 12.7. The van der Waals surface area contributed by atoms with E-state index in [1.54, 1.807) is 0 Å². The quantitative estimate of drug-likeness (QED) is 0.254. The zero-order valence-corrected chi connectivity index (χ0v) is 21.0. The van der Waals surface area contributed by atoms with E-state index in [0.29, 0.717) is 12.4 Å². The molecule has 1 N–H and O–H groups in total. The van der Waals surface area contributed by atoms with Crippen molar-refractivity contribution in [2.24, 2.45) is 7.05 Å². The fourth-order valence-corrected chi connectivity index (χ4v) is 5.25. The van der Waals surface area contributed by atoms with Crippen molar-refractivity contribution >= 4 is 27.6 Å². The Bertz CT molecular complexity index is 1600. The molecule has 0 atom stereocenters. The first-order valence-corrected chi connectivity index (χ1v) is 12.7. The van der Waals surface area contributed by atoms with Gasteiger partial charge in [0.25, 0.3) is 0 Å². The molecule has 3 aromatic carbocycles. The number of nitrogens with zero attached hydrogens (tertiary/aromatic N) is 2. The van der Waals surface area contributed by atoms with Crippen molar-refractivity contribution in [3.8, 4) is 17.1 Å². The molecule has 0 unspecified atom stereocenters. The fraction of sp³-hybridized carbons (Fsp3) is 0.219. The lowest BCUT2D eigenvalue weighted by atomic mass is 9.98. The number of benzene rings is 3. The first-order chi connectivity index (χ1) is 17.6. The normalized spacial score (nSPS) is 12.9. The molecule has 1 saturated carbocycles. The van der Waals surface area contributed by atoms with Crippen molar-refractivity contribution in [3.05, 3.63) is 101 Å². The van der Waals surface area contributed by atoms with E-state index in [2.05, 4.69) is 74.0 Å². The summed E-state index contributed by atoms with van der Waals surface area (Å²) in [6.45, 7) is 4.76. The zero-order chi connectivity index (χ0) is 24.8. The SMILES string of the molecule is CCc1ccc(OCc2ccccc2)c2c(C(O)=C3CC3)cc(-c3c(C)c4ccccc4n3C)nc12. The van der Waals surface area contributed by atoms with Gasteiger partial charge in [-0.1, -0.05) is 61.5 Å². The molecule has 2 heterocycles. The molecule has 4 nitrogen and oxygen atoms in total. The molecule has 6 rings (SSSR count). The Kier molecular flexibility index (Phi) is 5.52. The van der Waals surface area contributed by atoms with Gasteiger partial charge in [-0.25, -0.2) is 4.98 Å². The van der Waals surface area contributed by atoms with E-state index in [-0.39, 0.29) is 0 Å². The van der Waals surface area contributed by atoms with Gasteiger partial charge in [-0.15, -0.1) is 0 Å². The summed E-state index contributed by atoms with van der Waals surface area (Å²) in [5.41, 5.74) is 9.36. The highest BCUT2D eigenvalue weighted by atomic mass is 16.5. The third-order valence-electron chi connectivity index (χ3n) is 7.32. The Morgan fingerprint density at radius 3 is 2.47 bits per heavy atom. The number of aromatic nitrogens is 2. The molecule has 2 aromatic heterocycles. The molecule has 0 saturated heterocycles. The van der Waals surface area contributed by atoms with Gasteiger partial charge in [0, 0.05) is 23.5 Å². The van der Waals surface area contributed by atoms with E-state index < -0.39 is 0 Å². The largest absolute Gasteiger partial charge is 0.507 e. The van der Waals surface area contributed by atoms with Crippen LogP contribution in [0.4, 0.5) is 0 Å². The van der Waals surface area contributed by atoms with Gasteiger partial charge in [0.15, 0.2) is 0 Å². The smallest absolute Gasteiger partial charge is 0.129 e. The second-order valence-corrected chi connectivity index (χ2v) is 9.63. The van der Waals surface area contributed by atoms with Crippen LogP contribution in [0.5, 0.6) is 5.75 Å². The van der Waals surface area contributed by atoms with Crippen LogP contribution in [0, 0.1) is 6.92 Å². The van der Waals surface area contributed by atoms with Gasteiger partial charge in [-0.3, -0.25) is 0 Å². The molecule has 0 aliphatic heterocycles. The van der Waals surface area contributed by atoms with Gasteiger partial charge in [0.05, 0.1) is 22.3 Å². The molecule has 1 aliphatic carbocycles. The number of hydrogen-bond donors (Lipinski definition) is 1. The summed E-state index contributed by atoms with van der Waals surface area (Å²) in [6.07, 6.45) is 2.72. The van der Waals surface area contributed by atoms with Crippen molar-refractivity contribution in [3.63, 3.8) is 0 Å². The Labute approximate surface area is 211 Å². The molecule has 0 bridgehead atoms. The van der Waals surface area contributed by atoms with Gasteiger partial charge in [-0.2, -0.15) is 0 Å². The molecule has 4 heteroatoms. The third kappa shape index (κ3) is 3.74. The number of aliphatic hydroxyl groups excluding tert-OH is 1. The summed E-state index contributed by atoms with van der Waals surface area (Å²) in [6, 6.07) is 24.8. The van der Waals surface area contributed by atoms with E-state index in [1.165, 1.54) is 16.5 Å². The highest BCUT2D eigenvalue weighted by Crippen LogP contribution is 2.43. The highest BCUT2D eigenvalue weighted by molar-refractivity contribution is 6.00. The summed E-state index contributed by atoms with van der Waals surface area (Å²) >= 11 is 0. The van der Waals surface area contributed by atoms with E-state index >= 15 is 0 Å². The van der Waals surface area contributed by atoms with Crippen molar-refractivity contribution in [2.75, 3.05) is 0 Å². The van der Waals surface area contributed by atoms with E-state index in [4.69, 9.17) is 9.72 Å². The molecule has 36 heavy (non-hydrogen) atoms. The summed E-state index contributed by atoms with van der Waals surface area (Å²) in [5, 5.41) is 13.5. The second-order valence-electron chi connectivity index (χ2n) is 9.63. The lowest BCUT2D eigenvalue weighted by Crippen LogP contribution is -2.03. The molecule has 0 amide bonds. The Hall–Kier alpha value is -4.05. The predicted molar refractivity (Wildman–Crippen MR) is 147 cm³/mol. The summed E-state index contributed by atoms with van der Waals surface area (Å²) < 4.78 is 8.57. The van der Waals surface area contributed by atoms with Gasteiger partial charge in [-0.05, 0) is 66.6 Å². The van der Waals surface area contributed by atoms with E-state index in [1.807, 2.05) is 24.3 Å². The standard InChI is InChI=1S/C32H30N2O2/c1-4-22-16-17-28(36-19-21-10-6-5-7-11-21)29-25(32(35)23-14-15-23)18-26(33-30(22)29)31-20(2)24-12-8-9-13-27(24)34(31)3/h5-13,16-18,35H,4,14-15,19H2,1-3H3. The van der Waals surface area contributed by atoms with E-state index in [0.717, 1.165) is 69.6 Å².